The number of anilines is 1. The van der Waals surface area contributed by atoms with Crippen LogP contribution in [0.3, 0.4) is 0 Å². The minimum atomic E-state index is -1.01. The van der Waals surface area contributed by atoms with E-state index in [9.17, 15) is 15.0 Å². The second-order valence-electron chi connectivity index (χ2n) is 7.61. The van der Waals surface area contributed by atoms with Gasteiger partial charge in [-0.15, -0.1) is 0 Å². The molecular weight excluding hydrogens is 392 g/mol. The summed E-state index contributed by atoms with van der Waals surface area (Å²) >= 11 is 0. The molecule has 3 aromatic rings. The summed E-state index contributed by atoms with van der Waals surface area (Å²) < 4.78 is 1.83. The number of imidazole rings is 1. The Labute approximate surface area is 180 Å². The van der Waals surface area contributed by atoms with Crippen molar-refractivity contribution in [1.29, 1.82) is 0 Å². The third-order valence-corrected chi connectivity index (χ3v) is 5.29. The van der Waals surface area contributed by atoms with Crippen molar-refractivity contribution < 1.29 is 15.0 Å². The van der Waals surface area contributed by atoms with E-state index in [0.717, 1.165) is 36.3 Å². The first-order chi connectivity index (χ1) is 15.1. The minimum Gasteiger partial charge on any atom is -0.481 e. The van der Waals surface area contributed by atoms with Gasteiger partial charge in [0.25, 0.3) is 0 Å². The Morgan fingerprint density at radius 2 is 2.06 bits per heavy atom. The van der Waals surface area contributed by atoms with E-state index < -0.39 is 12.1 Å². The smallest absolute Gasteiger partial charge is 0.304 e. The van der Waals surface area contributed by atoms with Gasteiger partial charge >= 0.3 is 5.97 Å². The van der Waals surface area contributed by atoms with E-state index in [1.165, 1.54) is 0 Å². The molecule has 0 amide bonds. The molecule has 0 spiro atoms. The zero-order chi connectivity index (χ0) is 21.6. The average molecular weight is 416 g/mol. The normalized spacial score (nSPS) is 14.5. The standard InChI is InChI=1S/C24H24N4O3/c29-22(21-10-8-18-7-4-12-25-24(18)27-21)11-9-20-15-28(16-26-20)14-19(13-23(30)31)17-5-2-1-3-6-17/h1-3,5-6,8,10,15-16,19,22,29H,4,7,12-14H2,(H,25,27)(H,30,31). The van der Waals surface area contributed by atoms with Gasteiger partial charge in [-0.2, -0.15) is 0 Å². The van der Waals surface area contributed by atoms with E-state index in [1.807, 2.05) is 41.0 Å². The van der Waals surface area contributed by atoms with Gasteiger partial charge in [0.1, 0.15) is 11.5 Å². The van der Waals surface area contributed by atoms with Crippen LogP contribution in [0.1, 0.15) is 47.4 Å². The van der Waals surface area contributed by atoms with Crippen LogP contribution < -0.4 is 5.32 Å². The monoisotopic (exact) mass is 416 g/mol. The molecule has 3 heterocycles. The Kier molecular flexibility index (Phi) is 6.29. The Morgan fingerprint density at radius 3 is 2.87 bits per heavy atom. The van der Waals surface area contributed by atoms with Gasteiger partial charge < -0.3 is 20.1 Å². The van der Waals surface area contributed by atoms with Gasteiger partial charge in [0, 0.05) is 25.2 Å². The fourth-order valence-corrected chi connectivity index (χ4v) is 3.71. The molecule has 4 rings (SSSR count). The third kappa shape index (κ3) is 5.30. The van der Waals surface area contributed by atoms with Crippen molar-refractivity contribution in [1.82, 2.24) is 14.5 Å². The number of nitrogens with one attached hydrogen (secondary N) is 1. The van der Waals surface area contributed by atoms with Crippen LogP contribution in [0.2, 0.25) is 0 Å². The molecule has 1 aliphatic heterocycles. The van der Waals surface area contributed by atoms with E-state index in [0.29, 0.717) is 17.9 Å². The number of hydrogen-bond donors (Lipinski definition) is 3. The molecule has 0 saturated heterocycles. The summed E-state index contributed by atoms with van der Waals surface area (Å²) in [5.41, 5.74) is 3.14. The molecule has 31 heavy (non-hydrogen) atoms. The molecule has 158 valence electrons. The molecule has 1 aliphatic rings. The third-order valence-electron chi connectivity index (χ3n) is 5.29. The predicted molar refractivity (Wildman–Crippen MR) is 117 cm³/mol. The van der Waals surface area contributed by atoms with Crippen LogP contribution in [0.4, 0.5) is 5.82 Å². The number of carboxylic acid groups (broad SMARTS) is 1. The Morgan fingerprint density at radius 1 is 1.23 bits per heavy atom. The van der Waals surface area contributed by atoms with Crippen LogP contribution in [-0.4, -0.2) is 37.3 Å². The maximum absolute atomic E-state index is 11.3. The zero-order valence-electron chi connectivity index (χ0n) is 17.0. The summed E-state index contributed by atoms with van der Waals surface area (Å²) in [5, 5.41) is 22.9. The SMILES string of the molecule is O=C(O)CC(Cn1cnc(C#CC(O)c2ccc3c(n2)NCCC3)c1)c1ccccc1. The summed E-state index contributed by atoms with van der Waals surface area (Å²) in [6.45, 7) is 1.36. The molecule has 2 aromatic heterocycles. The number of carbonyl (C=O) groups is 1. The van der Waals surface area contributed by atoms with E-state index in [-0.39, 0.29) is 12.3 Å². The van der Waals surface area contributed by atoms with Crippen molar-refractivity contribution in [2.24, 2.45) is 0 Å². The molecular formula is C24H24N4O3. The van der Waals surface area contributed by atoms with Crippen molar-refractivity contribution in [2.75, 3.05) is 11.9 Å². The molecule has 3 N–H and O–H groups in total. The van der Waals surface area contributed by atoms with Gasteiger partial charge in [0.15, 0.2) is 6.10 Å². The molecule has 1 aromatic carbocycles. The highest BCUT2D eigenvalue weighted by atomic mass is 16.4. The molecule has 0 aliphatic carbocycles. The van der Waals surface area contributed by atoms with Gasteiger partial charge in [-0.05, 0) is 36.0 Å². The largest absolute Gasteiger partial charge is 0.481 e. The van der Waals surface area contributed by atoms with Crippen molar-refractivity contribution in [2.45, 2.75) is 37.8 Å². The van der Waals surface area contributed by atoms with Crippen molar-refractivity contribution >= 4 is 11.8 Å². The van der Waals surface area contributed by atoms with Crippen LogP contribution >= 0.6 is 0 Å². The number of hydrogen-bond acceptors (Lipinski definition) is 5. The summed E-state index contributed by atoms with van der Waals surface area (Å²) in [4.78, 5) is 20.1. The highest BCUT2D eigenvalue weighted by Crippen LogP contribution is 2.23. The lowest BCUT2D eigenvalue weighted by Gasteiger charge is -2.17. The number of nitrogens with zero attached hydrogens (tertiary/aromatic N) is 3. The van der Waals surface area contributed by atoms with Gasteiger partial charge in [-0.3, -0.25) is 4.79 Å². The molecule has 0 bridgehead atoms. The second-order valence-corrected chi connectivity index (χ2v) is 7.61. The fourth-order valence-electron chi connectivity index (χ4n) is 3.71. The van der Waals surface area contributed by atoms with Crippen LogP contribution in [-0.2, 0) is 17.8 Å². The van der Waals surface area contributed by atoms with Crippen LogP contribution in [0.15, 0.2) is 55.0 Å². The quantitative estimate of drug-likeness (QED) is 0.534. The highest BCUT2D eigenvalue weighted by molar-refractivity contribution is 5.68. The van der Waals surface area contributed by atoms with Gasteiger partial charge in [0.05, 0.1) is 18.4 Å². The second kappa shape index (κ2) is 9.45. The number of rotatable bonds is 6. The minimum absolute atomic E-state index is 0.0277. The van der Waals surface area contributed by atoms with Crippen molar-refractivity contribution in [3.63, 3.8) is 0 Å². The number of aryl methyl sites for hydroxylation is 1. The van der Waals surface area contributed by atoms with E-state index >= 15 is 0 Å². The van der Waals surface area contributed by atoms with Crippen LogP contribution in [0.5, 0.6) is 0 Å². The lowest BCUT2D eigenvalue weighted by Crippen LogP contribution is -2.14. The lowest BCUT2D eigenvalue weighted by molar-refractivity contribution is -0.137. The summed E-state index contributed by atoms with van der Waals surface area (Å²) in [7, 11) is 0. The first-order valence-corrected chi connectivity index (χ1v) is 10.3. The first kappa shape index (κ1) is 20.6. The first-order valence-electron chi connectivity index (χ1n) is 10.3. The molecule has 2 atom stereocenters. The molecule has 7 heteroatoms. The van der Waals surface area contributed by atoms with Gasteiger partial charge in [-0.1, -0.05) is 42.3 Å². The summed E-state index contributed by atoms with van der Waals surface area (Å²) in [6, 6.07) is 13.4. The number of aliphatic hydroxyl groups is 1. The molecule has 2 unspecified atom stereocenters. The average Bonchev–Trinajstić information content (AvgIpc) is 3.24. The van der Waals surface area contributed by atoms with E-state index in [1.54, 1.807) is 18.6 Å². The Bertz CT molecular complexity index is 1110. The number of aliphatic hydroxyl groups excluding tert-OH is 1. The lowest BCUT2D eigenvalue weighted by atomic mass is 9.96. The van der Waals surface area contributed by atoms with Gasteiger partial charge in [-0.25, -0.2) is 9.97 Å². The number of carboxylic acids is 1. The maximum Gasteiger partial charge on any atom is 0.304 e. The van der Waals surface area contributed by atoms with Crippen molar-refractivity contribution in [3.05, 3.63) is 77.5 Å². The maximum atomic E-state index is 11.3. The number of benzene rings is 1. The predicted octanol–water partition coefficient (Wildman–Crippen LogP) is 2.98. The zero-order valence-corrected chi connectivity index (χ0v) is 17.0. The van der Waals surface area contributed by atoms with Crippen LogP contribution in [0.25, 0.3) is 0 Å². The van der Waals surface area contributed by atoms with Gasteiger partial charge in [0.2, 0.25) is 0 Å². The number of pyridine rings is 1. The Balaban J connectivity index is 1.45. The number of fused-ring (bicyclic) bond motifs is 1. The summed E-state index contributed by atoms with van der Waals surface area (Å²) in [6.07, 6.45) is 4.48. The Hall–Kier alpha value is -3.63. The summed E-state index contributed by atoms with van der Waals surface area (Å²) in [5.74, 6) is 5.49. The van der Waals surface area contributed by atoms with E-state index in [4.69, 9.17) is 0 Å². The topological polar surface area (TPSA) is 100 Å². The number of aliphatic carboxylic acids is 1. The molecule has 0 saturated carbocycles. The fraction of sp³-hybridized carbons (Fsp3) is 0.292. The molecule has 7 nitrogen and oxygen atoms in total. The molecule has 0 fully saturated rings. The van der Waals surface area contributed by atoms with Crippen LogP contribution in [0, 0.1) is 11.8 Å². The highest BCUT2D eigenvalue weighted by Gasteiger charge is 2.17. The van der Waals surface area contributed by atoms with Crippen molar-refractivity contribution in [3.8, 4) is 11.8 Å². The molecule has 0 radical (unpaired) electrons. The number of aromatic nitrogens is 3. The van der Waals surface area contributed by atoms with E-state index in [2.05, 4.69) is 27.1 Å².